The van der Waals surface area contributed by atoms with Gasteiger partial charge in [-0.25, -0.2) is 0 Å². The fourth-order valence-corrected chi connectivity index (χ4v) is 3.22. The van der Waals surface area contributed by atoms with Crippen LogP contribution in [0, 0.1) is 6.92 Å². The molecule has 0 spiro atoms. The SMILES string of the molecule is CCn1nc(C)c(Cl)c1CN1CCN(CCBr)CC1. The molecule has 0 unspecified atom stereocenters. The molecule has 0 amide bonds. The normalized spacial score (nSPS) is 18.1. The van der Waals surface area contributed by atoms with Crippen LogP contribution in [-0.4, -0.2) is 57.6 Å². The van der Waals surface area contributed by atoms with E-state index in [4.69, 9.17) is 11.6 Å². The molecular weight excluding hydrogens is 328 g/mol. The van der Waals surface area contributed by atoms with E-state index in [9.17, 15) is 0 Å². The van der Waals surface area contributed by atoms with Gasteiger partial charge in [-0.05, 0) is 13.8 Å². The van der Waals surface area contributed by atoms with Crippen molar-refractivity contribution in [2.75, 3.05) is 38.1 Å². The Labute approximate surface area is 128 Å². The van der Waals surface area contributed by atoms with Gasteiger partial charge in [-0.2, -0.15) is 5.10 Å². The number of aromatic nitrogens is 2. The molecule has 2 heterocycles. The van der Waals surface area contributed by atoms with Crippen molar-refractivity contribution in [2.45, 2.75) is 26.9 Å². The van der Waals surface area contributed by atoms with Gasteiger partial charge in [-0.1, -0.05) is 27.5 Å². The van der Waals surface area contributed by atoms with Crippen LogP contribution < -0.4 is 0 Å². The minimum Gasteiger partial charge on any atom is -0.300 e. The predicted molar refractivity (Wildman–Crippen MR) is 83.2 cm³/mol. The van der Waals surface area contributed by atoms with E-state index in [1.54, 1.807) is 0 Å². The molecule has 0 N–H and O–H groups in total. The molecule has 0 radical (unpaired) electrons. The molecule has 6 heteroatoms. The van der Waals surface area contributed by atoms with Crippen LogP contribution in [0.3, 0.4) is 0 Å². The van der Waals surface area contributed by atoms with Crippen LogP contribution in [-0.2, 0) is 13.1 Å². The summed E-state index contributed by atoms with van der Waals surface area (Å²) in [4.78, 5) is 4.97. The molecular formula is C13H22BrClN4. The van der Waals surface area contributed by atoms with E-state index in [2.05, 4.69) is 37.8 Å². The van der Waals surface area contributed by atoms with Crippen LogP contribution in [0.1, 0.15) is 18.3 Å². The summed E-state index contributed by atoms with van der Waals surface area (Å²) in [5, 5.41) is 6.37. The maximum Gasteiger partial charge on any atom is 0.0860 e. The zero-order valence-electron chi connectivity index (χ0n) is 11.7. The third-order valence-electron chi connectivity index (χ3n) is 3.69. The number of alkyl halides is 1. The smallest absolute Gasteiger partial charge is 0.0860 e. The largest absolute Gasteiger partial charge is 0.300 e. The zero-order valence-corrected chi connectivity index (χ0v) is 14.0. The lowest BCUT2D eigenvalue weighted by molar-refractivity contribution is 0.130. The molecule has 0 aliphatic carbocycles. The Hall–Kier alpha value is -0.100. The zero-order chi connectivity index (χ0) is 13.8. The maximum atomic E-state index is 6.36. The van der Waals surface area contributed by atoms with Crippen molar-refractivity contribution in [1.82, 2.24) is 19.6 Å². The number of hydrogen-bond donors (Lipinski definition) is 0. The molecule has 1 aromatic heterocycles. The fourth-order valence-electron chi connectivity index (χ4n) is 2.52. The Morgan fingerprint density at radius 3 is 2.42 bits per heavy atom. The first-order chi connectivity index (χ1) is 9.15. The van der Waals surface area contributed by atoms with Gasteiger partial charge in [-0.3, -0.25) is 14.5 Å². The highest BCUT2D eigenvalue weighted by Gasteiger charge is 2.20. The molecule has 108 valence electrons. The lowest BCUT2D eigenvalue weighted by Gasteiger charge is -2.34. The van der Waals surface area contributed by atoms with E-state index < -0.39 is 0 Å². The highest BCUT2D eigenvalue weighted by Crippen LogP contribution is 2.22. The summed E-state index contributed by atoms with van der Waals surface area (Å²) in [6.07, 6.45) is 0. The van der Waals surface area contributed by atoms with Crippen molar-refractivity contribution in [2.24, 2.45) is 0 Å². The quantitative estimate of drug-likeness (QED) is 0.763. The summed E-state index contributed by atoms with van der Waals surface area (Å²) in [6.45, 7) is 11.5. The van der Waals surface area contributed by atoms with Gasteiger partial charge in [0.05, 0.1) is 16.4 Å². The number of halogens is 2. The Morgan fingerprint density at radius 2 is 1.84 bits per heavy atom. The Kier molecular flexibility index (Phi) is 5.69. The van der Waals surface area contributed by atoms with Crippen molar-refractivity contribution in [1.29, 1.82) is 0 Å². The van der Waals surface area contributed by atoms with E-state index in [0.29, 0.717) is 0 Å². The highest BCUT2D eigenvalue weighted by molar-refractivity contribution is 9.09. The third kappa shape index (κ3) is 3.72. The van der Waals surface area contributed by atoms with Gasteiger partial charge in [0.25, 0.3) is 0 Å². The molecule has 1 aromatic rings. The number of rotatable bonds is 5. The van der Waals surface area contributed by atoms with Crippen LogP contribution in [0.4, 0.5) is 0 Å². The average molecular weight is 350 g/mol. The van der Waals surface area contributed by atoms with Crippen LogP contribution in [0.2, 0.25) is 5.02 Å². The van der Waals surface area contributed by atoms with Crippen LogP contribution in [0.5, 0.6) is 0 Å². The summed E-state index contributed by atoms with van der Waals surface area (Å²) >= 11 is 9.86. The second-order valence-electron chi connectivity index (χ2n) is 4.97. The van der Waals surface area contributed by atoms with Crippen LogP contribution >= 0.6 is 27.5 Å². The average Bonchev–Trinajstić information content (AvgIpc) is 2.69. The minimum atomic E-state index is 0.838. The number of nitrogens with zero attached hydrogens (tertiary/aromatic N) is 4. The third-order valence-corrected chi connectivity index (χ3v) is 4.54. The first-order valence-corrected chi connectivity index (χ1v) is 8.38. The van der Waals surface area contributed by atoms with Crippen molar-refractivity contribution in [3.8, 4) is 0 Å². The Balaban J connectivity index is 1.95. The molecule has 19 heavy (non-hydrogen) atoms. The first-order valence-electron chi connectivity index (χ1n) is 6.88. The number of hydrogen-bond acceptors (Lipinski definition) is 3. The first kappa shape index (κ1) is 15.3. The second-order valence-corrected chi connectivity index (χ2v) is 6.14. The molecule has 1 fully saturated rings. The van der Waals surface area contributed by atoms with Crippen molar-refractivity contribution < 1.29 is 0 Å². The minimum absolute atomic E-state index is 0.838. The molecule has 1 aliphatic rings. The molecule has 4 nitrogen and oxygen atoms in total. The van der Waals surface area contributed by atoms with Gasteiger partial charge in [0.2, 0.25) is 0 Å². The molecule has 0 aromatic carbocycles. The summed E-state index contributed by atoms with van der Waals surface area (Å²) in [5.41, 5.74) is 2.10. The second kappa shape index (κ2) is 7.07. The van der Waals surface area contributed by atoms with Gasteiger partial charge in [0.1, 0.15) is 0 Å². The van der Waals surface area contributed by atoms with Gasteiger partial charge in [0, 0.05) is 51.1 Å². The van der Waals surface area contributed by atoms with Crippen molar-refractivity contribution in [3.05, 3.63) is 16.4 Å². The topological polar surface area (TPSA) is 24.3 Å². The van der Waals surface area contributed by atoms with Gasteiger partial charge in [-0.15, -0.1) is 0 Å². The highest BCUT2D eigenvalue weighted by atomic mass is 79.9. The molecule has 1 saturated heterocycles. The van der Waals surface area contributed by atoms with Gasteiger partial charge >= 0.3 is 0 Å². The molecule has 0 atom stereocenters. The summed E-state index contributed by atoms with van der Waals surface area (Å²) in [6, 6.07) is 0. The van der Waals surface area contributed by atoms with Crippen LogP contribution in [0.25, 0.3) is 0 Å². The predicted octanol–water partition coefficient (Wildman–Crippen LogP) is 2.38. The lowest BCUT2D eigenvalue weighted by atomic mass is 10.2. The molecule has 0 bridgehead atoms. The molecule has 2 rings (SSSR count). The van der Waals surface area contributed by atoms with E-state index in [1.165, 1.54) is 0 Å². The Bertz CT molecular complexity index is 413. The summed E-state index contributed by atoms with van der Waals surface area (Å²) in [5.74, 6) is 0. The van der Waals surface area contributed by atoms with E-state index >= 15 is 0 Å². The number of aryl methyl sites for hydroxylation is 2. The molecule has 0 saturated carbocycles. The van der Waals surface area contributed by atoms with Crippen molar-refractivity contribution in [3.63, 3.8) is 0 Å². The summed E-state index contributed by atoms with van der Waals surface area (Å²) < 4.78 is 2.03. The standard InChI is InChI=1S/C13H22BrClN4/c1-3-19-12(13(15)11(2)16-19)10-18-8-6-17(5-4-14)7-9-18/h3-10H2,1-2H3. The summed E-state index contributed by atoms with van der Waals surface area (Å²) in [7, 11) is 0. The van der Waals surface area contributed by atoms with E-state index in [1.807, 2.05) is 11.6 Å². The lowest BCUT2D eigenvalue weighted by Crippen LogP contribution is -2.46. The van der Waals surface area contributed by atoms with E-state index in [0.717, 1.165) is 67.6 Å². The Morgan fingerprint density at radius 1 is 1.21 bits per heavy atom. The molecule has 1 aliphatic heterocycles. The fraction of sp³-hybridized carbons (Fsp3) is 0.769. The maximum absolute atomic E-state index is 6.36. The monoisotopic (exact) mass is 348 g/mol. The van der Waals surface area contributed by atoms with Gasteiger partial charge in [0.15, 0.2) is 0 Å². The number of piperazine rings is 1. The van der Waals surface area contributed by atoms with Gasteiger partial charge < -0.3 is 0 Å². The van der Waals surface area contributed by atoms with Crippen molar-refractivity contribution >= 4 is 27.5 Å². The van der Waals surface area contributed by atoms with Crippen LogP contribution in [0.15, 0.2) is 0 Å². The van der Waals surface area contributed by atoms with E-state index in [-0.39, 0.29) is 0 Å².